The lowest BCUT2D eigenvalue weighted by molar-refractivity contribution is 0.668. The van der Waals surface area contributed by atoms with Gasteiger partial charge in [-0.1, -0.05) is 127 Å². The quantitative estimate of drug-likeness (QED) is 0.139. The van der Waals surface area contributed by atoms with Crippen LogP contribution in [0.2, 0.25) is 0 Å². The number of benzene rings is 8. The van der Waals surface area contributed by atoms with Crippen LogP contribution in [-0.4, -0.2) is 11.7 Å². The lowest BCUT2D eigenvalue weighted by atomic mass is 9.97. The third-order valence-corrected chi connectivity index (χ3v) is 10.2. The van der Waals surface area contributed by atoms with Gasteiger partial charge in [0.15, 0.2) is 5.84 Å². The van der Waals surface area contributed by atoms with Gasteiger partial charge in [0.05, 0.1) is 6.54 Å². The molecule has 0 fully saturated rings. The summed E-state index contributed by atoms with van der Waals surface area (Å²) < 4.78 is 12.6. The molecule has 256 valence electrons. The van der Waals surface area contributed by atoms with Crippen molar-refractivity contribution in [2.75, 3.05) is 0 Å². The first kappa shape index (κ1) is 31.5. The number of nitrogens with two attached hydrogens (primary N) is 1. The van der Waals surface area contributed by atoms with Crippen LogP contribution in [-0.2, 0) is 6.54 Å². The van der Waals surface area contributed by atoms with Crippen LogP contribution in [0.25, 0.3) is 76.9 Å². The number of nitrogens with zero attached hydrogens (tertiary/aromatic N) is 2. The fourth-order valence-corrected chi connectivity index (χ4v) is 7.46. The van der Waals surface area contributed by atoms with Gasteiger partial charge in [-0.05, 0) is 87.1 Å². The number of amidine groups is 2. The predicted molar refractivity (Wildman–Crippen MR) is 223 cm³/mol. The van der Waals surface area contributed by atoms with Crippen LogP contribution in [0.4, 0.5) is 0 Å². The van der Waals surface area contributed by atoms with E-state index in [0.29, 0.717) is 18.2 Å². The van der Waals surface area contributed by atoms with Crippen molar-refractivity contribution in [1.82, 2.24) is 0 Å². The van der Waals surface area contributed by atoms with E-state index >= 15 is 0 Å². The molecule has 0 aliphatic rings. The fraction of sp³-hybridized carbons (Fsp3) is 0.0204. The maximum absolute atomic E-state index is 6.78. The highest BCUT2D eigenvalue weighted by atomic mass is 16.3. The number of aliphatic imine (C=N–C) groups is 2. The van der Waals surface area contributed by atoms with Gasteiger partial charge in [-0.2, -0.15) is 0 Å². The van der Waals surface area contributed by atoms with Crippen molar-refractivity contribution in [1.29, 1.82) is 0 Å². The molecule has 0 aliphatic carbocycles. The Morgan fingerprint density at radius 2 is 1.11 bits per heavy atom. The summed E-state index contributed by atoms with van der Waals surface area (Å²) in [4.78, 5) is 10.2. The summed E-state index contributed by atoms with van der Waals surface area (Å²) in [7, 11) is 0. The summed E-state index contributed by atoms with van der Waals surface area (Å²) in [6.45, 7) is 0.376. The van der Waals surface area contributed by atoms with E-state index in [1.165, 1.54) is 11.1 Å². The molecule has 8 aromatic carbocycles. The maximum atomic E-state index is 6.78. The van der Waals surface area contributed by atoms with Crippen molar-refractivity contribution in [2.24, 2.45) is 15.7 Å². The van der Waals surface area contributed by atoms with Crippen molar-refractivity contribution in [3.8, 4) is 22.3 Å². The van der Waals surface area contributed by atoms with Gasteiger partial charge in [0.2, 0.25) is 0 Å². The Labute approximate surface area is 311 Å². The van der Waals surface area contributed by atoms with Crippen LogP contribution in [0.1, 0.15) is 16.7 Å². The molecule has 0 amide bonds. The van der Waals surface area contributed by atoms with Gasteiger partial charge in [-0.15, -0.1) is 0 Å². The summed E-state index contributed by atoms with van der Waals surface area (Å²) in [6.07, 6.45) is 0. The lowest BCUT2D eigenvalue weighted by Gasteiger charge is -2.08. The molecule has 0 aliphatic heterocycles. The van der Waals surface area contributed by atoms with E-state index in [2.05, 4.69) is 109 Å². The van der Waals surface area contributed by atoms with Gasteiger partial charge in [-0.3, -0.25) is 4.99 Å². The monoisotopic (exact) mass is 695 g/mol. The molecule has 0 spiro atoms. The van der Waals surface area contributed by atoms with Crippen LogP contribution in [0.3, 0.4) is 0 Å². The number of hydrogen-bond donors (Lipinski definition) is 1. The second kappa shape index (κ2) is 13.1. The van der Waals surface area contributed by atoms with E-state index < -0.39 is 0 Å². The standard InChI is InChI=1S/C49H33N3O2/c50-48(37-22-24-41-40-17-6-7-18-43(40)54-46(41)29-37)52-49(38-21-20-32-12-4-5-13-33(32)27-38)51-30-39-16-9-19-45-47(39)42-28-36(23-25-44(42)53-45)35-15-8-14-34(26-35)31-10-2-1-3-11-31/h1-29H,30H2,(H2,50,51,52). The molecule has 10 aromatic rings. The SMILES string of the molecule is N/C(=N\C(=N/Cc1cccc2oc3ccc(-c4cccc(-c5ccccc5)c4)cc3c12)c1ccc2ccccc2c1)c1ccc2c(c1)oc1ccccc12. The van der Waals surface area contributed by atoms with Crippen molar-refractivity contribution in [2.45, 2.75) is 6.54 Å². The highest BCUT2D eigenvalue weighted by molar-refractivity contribution is 6.14. The van der Waals surface area contributed by atoms with E-state index in [1.807, 2.05) is 66.7 Å². The normalized spacial score (nSPS) is 12.4. The molecule has 2 N–H and O–H groups in total. The first-order chi connectivity index (χ1) is 26.6. The highest BCUT2D eigenvalue weighted by Gasteiger charge is 2.15. The van der Waals surface area contributed by atoms with Crippen molar-refractivity contribution < 1.29 is 8.83 Å². The van der Waals surface area contributed by atoms with Gasteiger partial charge < -0.3 is 14.6 Å². The summed E-state index contributed by atoms with van der Waals surface area (Å²) in [5.74, 6) is 0.907. The van der Waals surface area contributed by atoms with Crippen LogP contribution >= 0.6 is 0 Å². The topological polar surface area (TPSA) is 77.0 Å². The highest BCUT2D eigenvalue weighted by Crippen LogP contribution is 2.36. The fourth-order valence-electron chi connectivity index (χ4n) is 7.46. The van der Waals surface area contributed by atoms with Gasteiger partial charge in [0.1, 0.15) is 28.2 Å². The molecular formula is C49H33N3O2. The Bertz CT molecular complexity index is 3100. The van der Waals surface area contributed by atoms with Gasteiger partial charge in [-0.25, -0.2) is 4.99 Å². The molecule has 0 bridgehead atoms. The zero-order valence-electron chi connectivity index (χ0n) is 29.2. The molecule has 54 heavy (non-hydrogen) atoms. The Morgan fingerprint density at radius 3 is 2.02 bits per heavy atom. The third-order valence-electron chi connectivity index (χ3n) is 10.2. The van der Waals surface area contributed by atoms with Gasteiger partial charge in [0.25, 0.3) is 0 Å². The second-order valence-electron chi connectivity index (χ2n) is 13.6. The minimum absolute atomic E-state index is 0.360. The van der Waals surface area contributed by atoms with Crippen molar-refractivity contribution in [3.05, 3.63) is 193 Å². The Morgan fingerprint density at radius 1 is 0.444 bits per heavy atom. The number of para-hydroxylation sites is 1. The first-order valence-corrected chi connectivity index (χ1v) is 18.0. The van der Waals surface area contributed by atoms with E-state index in [0.717, 1.165) is 82.5 Å². The van der Waals surface area contributed by atoms with Crippen LogP contribution in [0.15, 0.2) is 195 Å². The molecule has 5 nitrogen and oxygen atoms in total. The maximum Gasteiger partial charge on any atom is 0.157 e. The average Bonchev–Trinajstić information content (AvgIpc) is 3.80. The molecule has 10 rings (SSSR count). The minimum Gasteiger partial charge on any atom is -0.456 e. The molecule has 2 heterocycles. The summed E-state index contributed by atoms with van der Waals surface area (Å²) in [5.41, 5.74) is 17.4. The smallest absolute Gasteiger partial charge is 0.157 e. The zero-order chi connectivity index (χ0) is 36.0. The van der Waals surface area contributed by atoms with E-state index in [4.69, 9.17) is 24.6 Å². The number of fused-ring (bicyclic) bond motifs is 7. The third kappa shape index (κ3) is 5.69. The van der Waals surface area contributed by atoms with Crippen molar-refractivity contribution >= 4 is 66.3 Å². The molecular weight excluding hydrogens is 663 g/mol. The van der Waals surface area contributed by atoms with Crippen molar-refractivity contribution in [3.63, 3.8) is 0 Å². The molecule has 5 heteroatoms. The predicted octanol–water partition coefficient (Wildman–Crippen LogP) is 12.3. The van der Waals surface area contributed by atoms with Crippen LogP contribution < -0.4 is 5.73 Å². The van der Waals surface area contributed by atoms with Crippen LogP contribution in [0, 0.1) is 0 Å². The molecule has 0 atom stereocenters. The number of rotatable bonds is 6. The average molecular weight is 696 g/mol. The van der Waals surface area contributed by atoms with Crippen LogP contribution in [0.5, 0.6) is 0 Å². The minimum atomic E-state index is 0.360. The second-order valence-corrected chi connectivity index (χ2v) is 13.6. The Balaban J connectivity index is 1.06. The lowest BCUT2D eigenvalue weighted by Crippen LogP contribution is -2.16. The molecule has 0 saturated carbocycles. The van der Waals surface area contributed by atoms with E-state index in [9.17, 15) is 0 Å². The molecule has 2 aromatic heterocycles. The number of furan rings is 2. The largest absolute Gasteiger partial charge is 0.456 e. The molecule has 0 saturated heterocycles. The van der Waals surface area contributed by atoms with E-state index in [-0.39, 0.29) is 0 Å². The summed E-state index contributed by atoms with van der Waals surface area (Å²) in [6, 6.07) is 60.3. The Kier molecular flexibility index (Phi) is 7.62. The first-order valence-electron chi connectivity index (χ1n) is 18.0. The molecule has 0 unspecified atom stereocenters. The zero-order valence-corrected chi connectivity index (χ0v) is 29.2. The molecule has 0 radical (unpaired) electrons. The van der Waals surface area contributed by atoms with Gasteiger partial charge in [0, 0.05) is 32.7 Å². The summed E-state index contributed by atoms with van der Waals surface area (Å²) in [5, 5.41) is 6.45. The Hall–Kier alpha value is -7.24. The van der Waals surface area contributed by atoms with E-state index in [1.54, 1.807) is 0 Å². The number of hydrogen-bond acceptors (Lipinski definition) is 3. The summed E-state index contributed by atoms with van der Waals surface area (Å²) >= 11 is 0. The van der Waals surface area contributed by atoms with Gasteiger partial charge >= 0.3 is 0 Å².